The number of aromatic nitrogens is 2. The molecule has 0 atom stereocenters. The highest BCUT2D eigenvalue weighted by atomic mass is 79.9. The van der Waals surface area contributed by atoms with Crippen LogP contribution in [0.1, 0.15) is 5.56 Å². The first-order chi connectivity index (χ1) is 10.8. The van der Waals surface area contributed by atoms with Gasteiger partial charge in [0.2, 0.25) is 0 Å². The SMILES string of the molecule is Brc1cccc(COc2cccc(Oc3ncccn3)c2)c1. The second-order valence-electron chi connectivity index (χ2n) is 4.53. The van der Waals surface area contributed by atoms with Gasteiger partial charge in [0.05, 0.1) is 0 Å². The lowest BCUT2D eigenvalue weighted by Crippen LogP contribution is -1.96. The van der Waals surface area contributed by atoms with Gasteiger partial charge in [-0.15, -0.1) is 0 Å². The quantitative estimate of drug-likeness (QED) is 0.669. The van der Waals surface area contributed by atoms with E-state index >= 15 is 0 Å². The summed E-state index contributed by atoms with van der Waals surface area (Å²) in [6.07, 6.45) is 3.27. The molecule has 0 aliphatic carbocycles. The first-order valence-corrected chi connectivity index (χ1v) is 7.51. The van der Waals surface area contributed by atoms with Crippen molar-refractivity contribution in [2.24, 2.45) is 0 Å². The molecular formula is C17H13BrN2O2. The van der Waals surface area contributed by atoms with Crippen LogP contribution >= 0.6 is 15.9 Å². The van der Waals surface area contributed by atoms with Crippen LogP contribution in [-0.4, -0.2) is 9.97 Å². The van der Waals surface area contributed by atoms with Crippen LogP contribution in [0.2, 0.25) is 0 Å². The molecule has 0 N–H and O–H groups in total. The third-order valence-electron chi connectivity index (χ3n) is 2.85. The van der Waals surface area contributed by atoms with Crippen molar-refractivity contribution >= 4 is 15.9 Å². The maximum absolute atomic E-state index is 5.78. The fraction of sp³-hybridized carbons (Fsp3) is 0.0588. The van der Waals surface area contributed by atoms with Crippen LogP contribution in [0, 0.1) is 0 Å². The topological polar surface area (TPSA) is 44.2 Å². The monoisotopic (exact) mass is 356 g/mol. The molecule has 0 radical (unpaired) electrons. The molecule has 0 aliphatic rings. The maximum atomic E-state index is 5.78. The van der Waals surface area contributed by atoms with Crippen LogP contribution in [0.4, 0.5) is 0 Å². The fourth-order valence-electron chi connectivity index (χ4n) is 1.86. The third kappa shape index (κ3) is 4.05. The van der Waals surface area contributed by atoms with Crippen molar-refractivity contribution < 1.29 is 9.47 Å². The van der Waals surface area contributed by atoms with Crippen molar-refractivity contribution in [1.82, 2.24) is 9.97 Å². The Morgan fingerprint density at radius 1 is 0.864 bits per heavy atom. The van der Waals surface area contributed by atoms with E-state index in [0.717, 1.165) is 15.8 Å². The number of hydrogen-bond acceptors (Lipinski definition) is 4. The molecule has 5 heteroatoms. The van der Waals surface area contributed by atoms with Gasteiger partial charge in [0, 0.05) is 22.9 Å². The molecule has 3 rings (SSSR count). The van der Waals surface area contributed by atoms with Crippen LogP contribution in [0.3, 0.4) is 0 Å². The molecule has 0 spiro atoms. The van der Waals surface area contributed by atoms with Gasteiger partial charge in [-0.25, -0.2) is 9.97 Å². The number of halogens is 1. The summed E-state index contributed by atoms with van der Waals surface area (Å²) in [5, 5.41) is 0. The zero-order chi connectivity index (χ0) is 15.2. The van der Waals surface area contributed by atoms with Crippen molar-refractivity contribution in [1.29, 1.82) is 0 Å². The molecule has 0 fully saturated rings. The van der Waals surface area contributed by atoms with Gasteiger partial charge >= 0.3 is 6.01 Å². The molecule has 4 nitrogen and oxygen atoms in total. The summed E-state index contributed by atoms with van der Waals surface area (Å²) in [6, 6.07) is 17.5. The molecule has 22 heavy (non-hydrogen) atoms. The largest absolute Gasteiger partial charge is 0.489 e. The Morgan fingerprint density at radius 2 is 1.64 bits per heavy atom. The van der Waals surface area contributed by atoms with Crippen molar-refractivity contribution in [2.75, 3.05) is 0 Å². The van der Waals surface area contributed by atoms with E-state index < -0.39 is 0 Å². The zero-order valence-corrected chi connectivity index (χ0v) is 13.2. The fourth-order valence-corrected chi connectivity index (χ4v) is 2.31. The smallest absolute Gasteiger partial charge is 0.321 e. The van der Waals surface area contributed by atoms with Gasteiger partial charge < -0.3 is 9.47 Å². The first-order valence-electron chi connectivity index (χ1n) is 6.72. The molecule has 0 unspecified atom stereocenters. The van der Waals surface area contributed by atoms with E-state index in [2.05, 4.69) is 25.9 Å². The minimum absolute atomic E-state index is 0.312. The molecule has 0 saturated carbocycles. The molecule has 0 saturated heterocycles. The number of ether oxygens (including phenoxy) is 2. The predicted octanol–water partition coefficient (Wildman–Crippen LogP) is 4.61. The van der Waals surface area contributed by atoms with Crippen LogP contribution in [0.5, 0.6) is 17.5 Å². The van der Waals surface area contributed by atoms with E-state index in [9.17, 15) is 0 Å². The van der Waals surface area contributed by atoms with Crippen LogP contribution in [-0.2, 0) is 6.61 Å². The van der Waals surface area contributed by atoms with Crippen molar-refractivity contribution in [3.05, 3.63) is 77.0 Å². The Labute approximate surface area is 136 Å². The average molecular weight is 357 g/mol. The van der Waals surface area contributed by atoms with Crippen molar-refractivity contribution in [3.63, 3.8) is 0 Å². The molecule has 0 aliphatic heterocycles. The summed E-state index contributed by atoms with van der Waals surface area (Å²) < 4.78 is 12.4. The Balaban J connectivity index is 1.66. The lowest BCUT2D eigenvalue weighted by Gasteiger charge is -2.08. The highest BCUT2D eigenvalue weighted by molar-refractivity contribution is 9.10. The van der Waals surface area contributed by atoms with E-state index in [1.165, 1.54) is 0 Å². The van der Waals surface area contributed by atoms with Crippen molar-refractivity contribution in [2.45, 2.75) is 6.61 Å². The summed E-state index contributed by atoms with van der Waals surface area (Å²) in [5.74, 6) is 1.37. The lowest BCUT2D eigenvalue weighted by atomic mass is 10.2. The number of hydrogen-bond donors (Lipinski definition) is 0. The van der Waals surface area contributed by atoms with E-state index in [4.69, 9.17) is 9.47 Å². The summed E-state index contributed by atoms with van der Waals surface area (Å²) in [4.78, 5) is 8.06. The Hall–Kier alpha value is -2.40. The number of benzene rings is 2. The molecule has 1 heterocycles. The highest BCUT2D eigenvalue weighted by Gasteiger charge is 2.02. The number of rotatable bonds is 5. The number of nitrogens with zero attached hydrogens (tertiary/aromatic N) is 2. The van der Waals surface area contributed by atoms with Crippen LogP contribution in [0.25, 0.3) is 0 Å². The summed E-state index contributed by atoms with van der Waals surface area (Å²) in [6.45, 7) is 0.491. The van der Waals surface area contributed by atoms with Gasteiger partial charge in [0.1, 0.15) is 18.1 Å². The predicted molar refractivity (Wildman–Crippen MR) is 87.0 cm³/mol. The third-order valence-corrected chi connectivity index (χ3v) is 3.34. The summed E-state index contributed by atoms with van der Waals surface area (Å²) in [5.41, 5.74) is 1.09. The van der Waals surface area contributed by atoms with Crippen LogP contribution < -0.4 is 9.47 Å². The molecule has 110 valence electrons. The molecular weight excluding hydrogens is 344 g/mol. The molecule has 0 bridgehead atoms. The minimum atomic E-state index is 0.312. The zero-order valence-electron chi connectivity index (χ0n) is 11.6. The van der Waals surface area contributed by atoms with Gasteiger partial charge in [0.25, 0.3) is 0 Å². The van der Waals surface area contributed by atoms with Crippen molar-refractivity contribution in [3.8, 4) is 17.5 Å². The van der Waals surface area contributed by atoms with Gasteiger partial charge in [-0.05, 0) is 35.9 Å². The van der Waals surface area contributed by atoms with Gasteiger partial charge in [-0.3, -0.25) is 0 Å². The van der Waals surface area contributed by atoms with Gasteiger partial charge in [-0.1, -0.05) is 34.1 Å². The average Bonchev–Trinajstić information content (AvgIpc) is 2.54. The Kier molecular flexibility index (Phi) is 4.65. The Bertz CT molecular complexity index is 750. The molecule has 1 aromatic heterocycles. The molecule has 3 aromatic rings. The first kappa shape index (κ1) is 14.5. The Morgan fingerprint density at radius 3 is 2.45 bits per heavy atom. The van der Waals surface area contributed by atoms with E-state index in [0.29, 0.717) is 18.4 Å². The second kappa shape index (κ2) is 7.04. The highest BCUT2D eigenvalue weighted by Crippen LogP contribution is 2.23. The molecule has 2 aromatic carbocycles. The minimum Gasteiger partial charge on any atom is -0.489 e. The van der Waals surface area contributed by atoms with Crippen LogP contribution in [0.15, 0.2) is 71.5 Å². The maximum Gasteiger partial charge on any atom is 0.321 e. The van der Waals surface area contributed by atoms with Gasteiger partial charge in [-0.2, -0.15) is 0 Å². The molecule has 0 amide bonds. The standard InChI is InChI=1S/C17H13BrN2O2/c18-14-5-1-4-13(10-14)12-21-15-6-2-7-16(11-15)22-17-19-8-3-9-20-17/h1-11H,12H2. The second-order valence-corrected chi connectivity index (χ2v) is 5.44. The van der Waals surface area contributed by atoms with E-state index in [1.807, 2.05) is 48.5 Å². The normalized spacial score (nSPS) is 10.2. The summed E-state index contributed by atoms with van der Waals surface area (Å²) in [7, 11) is 0. The summed E-state index contributed by atoms with van der Waals surface area (Å²) >= 11 is 3.45. The lowest BCUT2D eigenvalue weighted by molar-refractivity contribution is 0.304. The van der Waals surface area contributed by atoms with Gasteiger partial charge in [0.15, 0.2) is 0 Å². The van der Waals surface area contributed by atoms with E-state index in [1.54, 1.807) is 18.5 Å². The van der Waals surface area contributed by atoms with E-state index in [-0.39, 0.29) is 0 Å².